The highest BCUT2D eigenvalue weighted by Gasteiger charge is 2.16. The minimum Gasteiger partial charge on any atom is -0.388 e. The van der Waals surface area contributed by atoms with E-state index in [1.54, 1.807) is 17.2 Å². The van der Waals surface area contributed by atoms with E-state index >= 15 is 0 Å². The lowest BCUT2D eigenvalue weighted by Crippen LogP contribution is -2.46. The number of rotatable bonds is 3. The van der Waals surface area contributed by atoms with Crippen LogP contribution in [0, 0.1) is 11.3 Å². The number of nitrogens with zero attached hydrogens (tertiary/aromatic N) is 4. The molecule has 1 amide bonds. The van der Waals surface area contributed by atoms with Gasteiger partial charge in [0.15, 0.2) is 0 Å². The lowest BCUT2D eigenvalue weighted by atomic mass is 9.87. The highest BCUT2D eigenvalue weighted by molar-refractivity contribution is 5.49. The van der Waals surface area contributed by atoms with Crippen molar-refractivity contribution in [2.75, 3.05) is 43.4 Å². The van der Waals surface area contributed by atoms with Crippen molar-refractivity contribution in [3.63, 3.8) is 0 Å². The summed E-state index contributed by atoms with van der Waals surface area (Å²) in [6.45, 7) is 9.70. The minimum atomic E-state index is 0.256. The minimum absolute atomic E-state index is 0.256. The molecule has 1 fully saturated rings. The molecule has 0 bridgehead atoms. The second kappa shape index (κ2) is 9.75. The van der Waals surface area contributed by atoms with Crippen LogP contribution in [0.4, 0.5) is 11.5 Å². The summed E-state index contributed by atoms with van der Waals surface area (Å²) >= 11 is 0. The summed E-state index contributed by atoms with van der Waals surface area (Å²) in [7, 11) is 1.94. The Morgan fingerprint density at radius 1 is 1.07 bits per heavy atom. The van der Waals surface area contributed by atoms with Gasteiger partial charge in [-0.2, -0.15) is 5.26 Å². The van der Waals surface area contributed by atoms with Crippen LogP contribution in [-0.2, 0) is 10.2 Å². The number of anilines is 2. The smallest absolute Gasteiger partial charge is 0.209 e. The zero-order chi connectivity index (χ0) is 20.6. The van der Waals surface area contributed by atoms with Gasteiger partial charge >= 0.3 is 0 Å². The van der Waals surface area contributed by atoms with Gasteiger partial charge in [0.1, 0.15) is 11.9 Å². The van der Waals surface area contributed by atoms with Gasteiger partial charge in [0.25, 0.3) is 0 Å². The van der Waals surface area contributed by atoms with Gasteiger partial charge in [-0.3, -0.25) is 4.79 Å². The Bertz CT molecular complexity index is 780. The van der Waals surface area contributed by atoms with E-state index in [1.165, 1.54) is 11.3 Å². The summed E-state index contributed by atoms with van der Waals surface area (Å²) < 4.78 is 0. The third kappa shape index (κ3) is 5.98. The molecule has 1 saturated heterocycles. The molecule has 0 atom stereocenters. The number of benzene rings is 1. The van der Waals surface area contributed by atoms with E-state index in [4.69, 9.17) is 5.26 Å². The van der Waals surface area contributed by atoms with Crippen LogP contribution in [0.15, 0.2) is 42.6 Å². The van der Waals surface area contributed by atoms with Gasteiger partial charge in [-0.15, -0.1) is 0 Å². The van der Waals surface area contributed by atoms with Gasteiger partial charge in [-0.05, 0) is 35.2 Å². The first-order chi connectivity index (χ1) is 13.4. The number of pyridine rings is 1. The maximum atomic E-state index is 10.5. The number of carbonyl (C=O) groups is 1. The number of hydrogen-bond donors (Lipinski definition) is 1. The Balaban J connectivity index is 0.000000209. The molecule has 2 aromatic rings. The Morgan fingerprint density at radius 3 is 2.14 bits per heavy atom. The van der Waals surface area contributed by atoms with Crippen molar-refractivity contribution >= 4 is 17.9 Å². The fraction of sp³-hybridized carbons (Fsp3) is 0.409. The molecule has 0 saturated carbocycles. The Morgan fingerprint density at radius 2 is 1.71 bits per heavy atom. The van der Waals surface area contributed by atoms with Crippen LogP contribution in [0.2, 0.25) is 0 Å². The number of nitriles is 1. The molecular formula is C22H29N5O. The lowest BCUT2D eigenvalue weighted by Gasteiger charge is -2.33. The molecule has 148 valence electrons. The second-order valence-electron chi connectivity index (χ2n) is 7.72. The molecule has 0 aliphatic carbocycles. The molecule has 1 N–H and O–H groups in total. The molecule has 3 rings (SSSR count). The van der Waals surface area contributed by atoms with Crippen LogP contribution in [0.5, 0.6) is 0 Å². The maximum Gasteiger partial charge on any atom is 0.209 e. The Kier molecular flexibility index (Phi) is 7.39. The van der Waals surface area contributed by atoms with Crippen LogP contribution >= 0.6 is 0 Å². The van der Waals surface area contributed by atoms with Gasteiger partial charge in [-0.25, -0.2) is 4.98 Å². The van der Waals surface area contributed by atoms with E-state index in [1.807, 2.05) is 19.2 Å². The molecule has 1 aliphatic rings. The van der Waals surface area contributed by atoms with Crippen LogP contribution < -0.4 is 10.2 Å². The molecule has 1 aliphatic heterocycles. The SMILES string of the molecule is CNc1ccc(C(C)(C)C)cc1.N#Cc1ccc(N2CCN(C=O)CC2)nc1. The summed E-state index contributed by atoms with van der Waals surface area (Å²) in [5.41, 5.74) is 3.37. The molecular weight excluding hydrogens is 350 g/mol. The van der Waals surface area contributed by atoms with Gasteiger partial charge in [0.05, 0.1) is 5.56 Å². The van der Waals surface area contributed by atoms with E-state index in [2.05, 4.69) is 60.2 Å². The third-order valence-corrected chi connectivity index (χ3v) is 4.70. The van der Waals surface area contributed by atoms with Gasteiger partial charge in [-0.1, -0.05) is 32.9 Å². The Labute approximate surface area is 167 Å². The first-order valence-electron chi connectivity index (χ1n) is 9.46. The number of hydrogen-bond acceptors (Lipinski definition) is 5. The van der Waals surface area contributed by atoms with E-state index in [0.29, 0.717) is 5.56 Å². The molecule has 6 nitrogen and oxygen atoms in total. The molecule has 0 unspecified atom stereocenters. The number of nitrogens with one attached hydrogen (secondary N) is 1. The van der Waals surface area contributed by atoms with Crippen molar-refractivity contribution in [1.82, 2.24) is 9.88 Å². The first-order valence-corrected chi connectivity index (χ1v) is 9.46. The third-order valence-electron chi connectivity index (χ3n) is 4.70. The van der Waals surface area contributed by atoms with Crippen molar-refractivity contribution in [3.8, 4) is 6.07 Å². The van der Waals surface area contributed by atoms with Crippen molar-refractivity contribution in [1.29, 1.82) is 5.26 Å². The topological polar surface area (TPSA) is 72.3 Å². The quantitative estimate of drug-likeness (QED) is 0.829. The zero-order valence-corrected chi connectivity index (χ0v) is 17.1. The van der Waals surface area contributed by atoms with Crippen LogP contribution in [0.25, 0.3) is 0 Å². The lowest BCUT2D eigenvalue weighted by molar-refractivity contribution is -0.118. The monoisotopic (exact) mass is 379 g/mol. The van der Waals surface area contributed by atoms with Crippen molar-refractivity contribution < 1.29 is 4.79 Å². The zero-order valence-electron chi connectivity index (χ0n) is 17.1. The number of aromatic nitrogens is 1. The maximum absolute atomic E-state index is 10.5. The molecule has 6 heteroatoms. The van der Waals surface area contributed by atoms with E-state index in [0.717, 1.165) is 38.4 Å². The predicted octanol–water partition coefficient (Wildman–Crippen LogP) is 3.26. The van der Waals surface area contributed by atoms with Crippen molar-refractivity contribution in [3.05, 3.63) is 53.7 Å². The summed E-state index contributed by atoms with van der Waals surface area (Å²) in [6, 6.07) is 14.2. The predicted molar refractivity (Wildman–Crippen MR) is 113 cm³/mol. The number of carbonyl (C=O) groups excluding carboxylic acids is 1. The Hall–Kier alpha value is -3.07. The van der Waals surface area contributed by atoms with Gasteiger partial charge in [0.2, 0.25) is 6.41 Å². The van der Waals surface area contributed by atoms with Crippen LogP contribution in [0.3, 0.4) is 0 Å². The first kappa shape index (κ1) is 21.2. The summed E-state index contributed by atoms with van der Waals surface area (Å²) in [6.07, 6.45) is 2.45. The summed E-state index contributed by atoms with van der Waals surface area (Å²) in [5, 5.41) is 11.8. The van der Waals surface area contributed by atoms with E-state index < -0.39 is 0 Å². The number of amides is 1. The molecule has 1 aromatic heterocycles. The molecule has 0 radical (unpaired) electrons. The standard InChI is InChI=1S/C11H12N4O.C11H17N/c12-7-10-1-2-11(13-8-10)15-5-3-14(9-16)4-6-15;1-11(2,3)9-5-7-10(12-4)8-6-9/h1-2,8-9H,3-6H2;5-8,12H,1-4H3. The average molecular weight is 380 g/mol. The normalized spacial score (nSPS) is 13.8. The van der Waals surface area contributed by atoms with Crippen molar-refractivity contribution in [2.45, 2.75) is 26.2 Å². The number of piperazine rings is 1. The molecule has 0 spiro atoms. The van der Waals surface area contributed by atoms with Gasteiger partial charge < -0.3 is 15.1 Å². The fourth-order valence-corrected chi connectivity index (χ4v) is 2.83. The second-order valence-corrected chi connectivity index (χ2v) is 7.72. The highest BCUT2D eigenvalue weighted by atomic mass is 16.1. The largest absolute Gasteiger partial charge is 0.388 e. The summed E-state index contributed by atoms with van der Waals surface area (Å²) in [5.74, 6) is 0.865. The van der Waals surface area contributed by atoms with E-state index in [-0.39, 0.29) is 5.41 Å². The molecule has 1 aromatic carbocycles. The van der Waals surface area contributed by atoms with Crippen LogP contribution in [-0.4, -0.2) is 49.5 Å². The van der Waals surface area contributed by atoms with Crippen LogP contribution in [0.1, 0.15) is 31.9 Å². The molecule has 28 heavy (non-hydrogen) atoms. The summed E-state index contributed by atoms with van der Waals surface area (Å²) in [4.78, 5) is 18.6. The highest BCUT2D eigenvalue weighted by Crippen LogP contribution is 2.23. The average Bonchev–Trinajstić information content (AvgIpc) is 2.74. The fourth-order valence-electron chi connectivity index (χ4n) is 2.83. The molecule has 2 heterocycles. The van der Waals surface area contributed by atoms with Crippen molar-refractivity contribution in [2.24, 2.45) is 0 Å². The van der Waals surface area contributed by atoms with E-state index in [9.17, 15) is 4.79 Å². The van der Waals surface area contributed by atoms with Gasteiger partial charge in [0, 0.05) is 45.1 Å².